The van der Waals surface area contributed by atoms with Gasteiger partial charge in [0.25, 0.3) is 0 Å². The normalized spacial score (nSPS) is 11.7. The second kappa shape index (κ2) is 13.3. The van der Waals surface area contributed by atoms with Gasteiger partial charge in [0, 0.05) is 20.2 Å². The Hall–Kier alpha value is -1.78. The van der Waals surface area contributed by atoms with Gasteiger partial charge in [-0.2, -0.15) is 0 Å². The quantitative estimate of drug-likeness (QED) is 0.144. The Labute approximate surface area is 213 Å². The summed E-state index contributed by atoms with van der Waals surface area (Å²) in [6.07, 6.45) is 15.5. The Morgan fingerprint density at radius 3 is 1.38 bits per heavy atom. The van der Waals surface area contributed by atoms with Crippen molar-refractivity contribution in [3.8, 4) is 11.5 Å². The van der Waals surface area contributed by atoms with Crippen molar-refractivity contribution in [1.29, 1.82) is 0 Å². The summed E-state index contributed by atoms with van der Waals surface area (Å²) in [5.41, 5.74) is 0. The molecular weight excluding hydrogens is 456 g/mol. The number of hydrogen-bond acceptors (Lipinski definition) is 4. The number of ether oxygens (including phenoxy) is 2. The summed E-state index contributed by atoms with van der Waals surface area (Å²) in [4.78, 5) is 0. The Kier molecular flexibility index (Phi) is 9.94. The zero-order valence-electron chi connectivity index (χ0n) is 21.0. The molecule has 0 saturated carbocycles. The second-order valence-electron chi connectivity index (χ2n) is 9.41. The minimum absolute atomic E-state index is 0.821. The summed E-state index contributed by atoms with van der Waals surface area (Å²) >= 11 is 3.78. The fourth-order valence-corrected chi connectivity index (χ4v) is 7.25. The summed E-state index contributed by atoms with van der Waals surface area (Å²) < 4.78 is 17.6. The maximum Gasteiger partial charge on any atom is 0.120 e. The highest BCUT2D eigenvalue weighted by molar-refractivity contribution is 7.36. The number of rotatable bonds is 16. The van der Waals surface area contributed by atoms with Crippen molar-refractivity contribution in [3.63, 3.8) is 0 Å². The van der Waals surface area contributed by atoms with E-state index in [4.69, 9.17) is 9.47 Å². The number of unbranched alkanes of at least 4 members (excludes halogenated alkanes) is 10. The van der Waals surface area contributed by atoms with E-state index in [9.17, 15) is 0 Å². The number of benzene rings is 2. The monoisotopic (exact) mass is 496 g/mol. The molecule has 0 aliphatic carbocycles. The molecule has 0 radical (unpaired) electrons. The van der Waals surface area contributed by atoms with Crippen LogP contribution in [-0.4, -0.2) is 13.2 Å². The predicted molar refractivity (Wildman–Crippen MR) is 152 cm³/mol. The molecule has 0 fully saturated rings. The standard InChI is InChI=1S/C30H40O2S2/c1-3-5-7-9-11-13-19-31-23-15-17-25-27(21-23)33-30-26-18-16-24(22-28(26)34-29(25)30)32-20-14-12-10-8-6-4-2/h15-18,21-22H,3-14,19-20H2,1-2H3. The molecule has 34 heavy (non-hydrogen) atoms. The molecule has 184 valence electrons. The highest BCUT2D eigenvalue weighted by atomic mass is 32.1. The highest BCUT2D eigenvalue weighted by Crippen LogP contribution is 2.45. The first-order chi connectivity index (χ1) is 16.8. The van der Waals surface area contributed by atoms with E-state index in [1.807, 2.05) is 22.7 Å². The summed E-state index contributed by atoms with van der Waals surface area (Å²) in [7, 11) is 0. The lowest BCUT2D eigenvalue weighted by Gasteiger charge is -2.06. The molecule has 0 atom stereocenters. The van der Waals surface area contributed by atoms with Crippen LogP contribution in [0.1, 0.15) is 90.9 Å². The molecule has 4 heteroatoms. The first-order valence-corrected chi connectivity index (χ1v) is 15.1. The number of thiophene rings is 2. The van der Waals surface area contributed by atoms with Crippen LogP contribution < -0.4 is 9.47 Å². The molecule has 2 nitrogen and oxygen atoms in total. The lowest BCUT2D eigenvalue weighted by molar-refractivity contribution is 0.304. The van der Waals surface area contributed by atoms with Gasteiger partial charge in [-0.25, -0.2) is 0 Å². The van der Waals surface area contributed by atoms with E-state index in [1.54, 1.807) is 0 Å². The largest absolute Gasteiger partial charge is 0.494 e. The molecular formula is C30H40O2S2. The van der Waals surface area contributed by atoms with Crippen LogP contribution in [0.15, 0.2) is 36.4 Å². The maximum absolute atomic E-state index is 6.06. The van der Waals surface area contributed by atoms with Gasteiger partial charge < -0.3 is 9.47 Å². The van der Waals surface area contributed by atoms with Gasteiger partial charge in [-0.3, -0.25) is 0 Å². The molecule has 0 unspecified atom stereocenters. The smallest absolute Gasteiger partial charge is 0.120 e. The van der Waals surface area contributed by atoms with E-state index in [0.717, 1.165) is 37.6 Å². The lowest BCUT2D eigenvalue weighted by Crippen LogP contribution is -1.97. The Balaban J connectivity index is 1.34. The highest BCUT2D eigenvalue weighted by Gasteiger charge is 2.13. The van der Waals surface area contributed by atoms with Crippen molar-refractivity contribution in [2.75, 3.05) is 13.2 Å². The van der Waals surface area contributed by atoms with Crippen molar-refractivity contribution in [2.24, 2.45) is 0 Å². The fraction of sp³-hybridized carbons (Fsp3) is 0.533. The van der Waals surface area contributed by atoms with Gasteiger partial charge in [-0.15, -0.1) is 22.7 Å². The van der Waals surface area contributed by atoms with Gasteiger partial charge in [0.2, 0.25) is 0 Å². The molecule has 0 aliphatic heterocycles. The van der Waals surface area contributed by atoms with E-state index in [-0.39, 0.29) is 0 Å². The average molecular weight is 497 g/mol. The molecule has 2 aromatic heterocycles. The minimum Gasteiger partial charge on any atom is -0.494 e. The third-order valence-corrected chi connectivity index (χ3v) is 9.06. The van der Waals surface area contributed by atoms with Crippen LogP contribution in [-0.2, 0) is 0 Å². The average Bonchev–Trinajstić information content (AvgIpc) is 3.38. The molecule has 4 aromatic rings. The van der Waals surface area contributed by atoms with Crippen molar-refractivity contribution < 1.29 is 9.47 Å². The van der Waals surface area contributed by atoms with E-state index in [0.29, 0.717) is 0 Å². The first kappa shape index (κ1) is 25.3. The topological polar surface area (TPSA) is 18.5 Å². The van der Waals surface area contributed by atoms with Crippen LogP contribution in [0.25, 0.3) is 29.6 Å². The van der Waals surface area contributed by atoms with Crippen LogP contribution in [0.5, 0.6) is 11.5 Å². The van der Waals surface area contributed by atoms with Crippen molar-refractivity contribution in [3.05, 3.63) is 36.4 Å². The minimum atomic E-state index is 0.821. The number of hydrogen-bond donors (Lipinski definition) is 0. The Morgan fingerprint density at radius 2 is 0.941 bits per heavy atom. The molecule has 0 saturated heterocycles. The molecule has 0 N–H and O–H groups in total. The van der Waals surface area contributed by atoms with Gasteiger partial charge in [0.05, 0.1) is 22.6 Å². The van der Waals surface area contributed by atoms with Crippen LogP contribution in [0.4, 0.5) is 0 Å². The maximum atomic E-state index is 6.06. The lowest BCUT2D eigenvalue weighted by atomic mass is 10.1. The summed E-state index contributed by atoms with van der Waals surface area (Å²) in [6.45, 7) is 6.17. The second-order valence-corrected chi connectivity index (χ2v) is 11.5. The summed E-state index contributed by atoms with van der Waals surface area (Å²) in [5.74, 6) is 2.01. The van der Waals surface area contributed by atoms with Crippen molar-refractivity contribution in [1.82, 2.24) is 0 Å². The summed E-state index contributed by atoms with van der Waals surface area (Å²) in [5, 5.41) is 2.70. The van der Waals surface area contributed by atoms with Gasteiger partial charge >= 0.3 is 0 Å². The van der Waals surface area contributed by atoms with E-state index < -0.39 is 0 Å². The predicted octanol–water partition coefficient (Wildman–Crippen LogP) is 10.7. The SMILES string of the molecule is CCCCCCCCOc1ccc2c(c1)sc1c3ccc(OCCCCCCCC)cc3sc21. The number of fused-ring (bicyclic) bond motifs is 5. The van der Waals surface area contributed by atoms with E-state index in [1.165, 1.54) is 93.8 Å². The molecule has 4 rings (SSSR count). The van der Waals surface area contributed by atoms with Gasteiger partial charge in [0.15, 0.2) is 0 Å². The van der Waals surface area contributed by atoms with Crippen LogP contribution >= 0.6 is 22.7 Å². The Morgan fingerprint density at radius 1 is 0.529 bits per heavy atom. The summed E-state index contributed by atoms with van der Waals surface area (Å²) in [6, 6.07) is 13.2. The fourth-order valence-electron chi connectivity index (χ4n) is 4.54. The molecule has 2 heterocycles. The van der Waals surface area contributed by atoms with Crippen molar-refractivity contribution >= 4 is 52.2 Å². The van der Waals surface area contributed by atoms with Gasteiger partial charge in [-0.05, 0) is 49.2 Å². The van der Waals surface area contributed by atoms with Crippen LogP contribution in [0.2, 0.25) is 0 Å². The molecule has 0 spiro atoms. The molecule has 0 aliphatic rings. The van der Waals surface area contributed by atoms with E-state index in [2.05, 4.69) is 50.2 Å². The molecule has 2 aromatic carbocycles. The third-order valence-electron chi connectivity index (χ3n) is 6.56. The molecule has 0 amide bonds. The van der Waals surface area contributed by atoms with Crippen LogP contribution in [0, 0.1) is 0 Å². The van der Waals surface area contributed by atoms with Gasteiger partial charge in [-0.1, -0.05) is 78.1 Å². The zero-order valence-corrected chi connectivity index (χ0v) is 22.6. The van der Waals surface area contributed by atoms with Crippen molar-refractivity contribution in [2.45, 2.75) is 90.9 Å². The third kappa shape index (κ3) is 6.66. The molecule has 0 bridgehead atoms. The van der Waals surface area contributed by atoms with E-state index >= 15 is 0 Å². The first-order valence-electron chi connectivity index (χ1n) is 13.4. The zero-order chi connectivity index (χ0) is 23.6. The van der Waals surface area contributed by atoms with Gasteiger partial charge in [0.1, 0.15) is 11.5 Å². The Bertz CT molecular complexity index is 1070. The van der Waals surface area contributed by atoms with Crippen LogP contribution in [0.3, 0.4) is 0 Å².